The lowest BCUT2D eigenvalue weighted by Gasteiger charge is -2.36. The van der Waals surface area contributed by atoms with Crippen molar-refractivity contribution in [3.05, 3.63) is 63.6 Å². The first-order chi connectivity index (χ1) is 13.0. The number of fused-ring (bicyclic) bond motifs is 1. The van der Waals surface area contributed by atoms with Crippen molar-refractivity contribution in [2.45, 2.75) is 6.54 Å². The van der Waals surface area contributed by atoms with Crippen molar-refractivity contribution in [3.8, 4) is 0 Å². The molecule has 2 aromatic carbocycles. The van der Waals surface area contributed by atoms with Crippen molar-refractivity contribution in [1.82, 2.24) is 9.80 Å². The number of hydrogen-bond acceptors (Lipinski definition) is 4. The summed E-state index contributed by atoms with van der Waals surface area (Å²) in [6.07, 6.45) is 0. The van der Waals surface area contributed by atoms with Gasteiger partial charge in [-0.05, 0) is 35.9 Å². The van der Waals surface area contributed by atoms with Gasteiger partial charge in [-0.15, -0.1) is 0 Å². The first-order valence-electron chi connectivity index (χ1n) is 8.86. The lowest BCUT2D eigenvalue weighted by Crippen LogP contribution is -2.50. The Morgan fingerprint density at radius 2 is 1.44 bits per heavy atom. The van der Waals surface area contributed by atoms with Gasteiger partial charge in [-0.3, -0.25) is 24.3 Å². The fourth-order valence-corrected chi connectivity index (χ4v) is 3.85. The number of amides is 1. The Kier molecular flexibility index (Phi) is 5.19. The summed E-state index contributed by atoms with van der Waals surface area (Å²) in [5.74, 6) is -0.954. The number of piperazine rings is 1. The molecule has 2 aliphatic rings. The molecule has 0 saturated carbocycles. The largest absolute Gasteiger partial charge is 0.300 e. The Morgan fingerprint density at radius 3 is 2.15 bits per heavy atom. The molecule has 0 aromatic heterocycles. The zero-order chi connectivity index (χ0) is 19.0. The summed E-state index contributed by atoms with van der Waals surface area (Å²) < 4.78 is 0. The number of benzene rings is 2. The van der Waals surface area contributed by atoms with Gasteiger partial charge in [0.15, 0.2) is 0 Å². The van der Waals surface area contributed by atoms with Crippen molar-refractivity contribution >= 4 is 40.6 Å². The van der Waals surface area contributed by atoms with E-state index in [1.165, 1.54) is 5.56 Å². The average molecular weight is 404 g/mol. The molecule has 1 fully saturated rings. The highest BCUT2D eigenvalue weighted by Crippen LogP contribution is 2.31. The normalized spacial score (nSPS) is 18.2. The maximum absolute atomic E-state index is 12.4. The summed E-state index contributed by atoms with van der Waals surface area (Å²) in [7, 11) is 0. The van der Waals surface area contributed by atoms with Crippen LogP contribution in [0.4, 0.5) is 5.69 Å². The van der Waals surface area contributed by atoms with Crippen LogP contribution in [-0.4, -0.2) is 54.3 Å². The van der Waals surface area contributed by atoms with Gasteiger partial charge in [0.05, 0.1) is 17.9 Å². The Balaban J connectivity index is 1.36. The first kappa shape index (κ1) is 18.4. The van der Waals surface area contributed by atoms with Crippen molar-refractivity contribution in [2.75, 3.05) is 37.7 Å². The van der Waals surface area contributed by atoms with Gasteiger partial charge >= 0.3 is 5.91 Å². The number of rotatable bonds is 4. The third kappa shape index (κ3) is 3.87. The SMILES string of the molecule is O=C1C(=O)N(CN2CCN(Cc3ccc(Cl)cc3)CC2)c2ccc(Cl)cc21. The highest BCUT2D eigenvalue weighted by molar-refractivity contribution is 6.52. The standard InChI is InChI=1S/C20H19Cl2N3O2/c21-15-3-1-14(2-4-15)12-23-7-9-24(10-8-23)13-25-18-6-5-16(22)11-17(18)19(26)20(25)27/h1-6,11H,7-10,12-13H2. The van der Waals surface area contributed by atoms with E-state index in [9.17, 15) is 9.59 Å². The Bertz CT molecular complexity index is 877. The average Bonchev–Trinajstić information content (AvgIpc) is 2.90. The van der Waals surface area contributed by atoms with Crippen LogP contribution in [0.25, 0.3) is 0 Å². The number of anilines is 1. The molecule has 2 heterocycles. The van der Waals surface area contributed by atoms with E-state index in [0.717, 1.165) is 37.7 Å². The van der Waals surface area contributed by atoms with Gasteiger partial charge in [-0.25, -0.2) is 0 Å². The van der Waals surface area contributed by atoms with Crippen molar-refractivity contribution in [3.63, 3.8) is 0 Å². The molecule has 0 unspecified atom stereocenters. The summed E-state index contributed by atoms with van der Waals surface area (Å²) in [6.45, 7) is 4.81. The molecular weight excluding hydrogens is 385 g/mol. The molecule has 2 aromatic rings. The third-order valence-electron chi connectivity index (χ3n) is 5.06. The van der Waals surface area contributed by atoms with E-state index in [4.69, 9.17) is 23.2 Å². The van der Waals surface area contributed by atoms with Gasteiger partial charge in [-0.2, -0.15) is 0 Å². The van der Waals surface area contributed by atoms with Crippen LogP contribution in [0.5, 0.6) is 0 Å². The molecule has 0 radical (unpaired) electrons. The van der Waals surface area contributed by atoms with E-state index in [2.05, 4.69) is 9.80 Å². The van der Waals surface area contributed by atoms with Crippen molar-refractivity contribution in [2.24, 2.45) is 0 Å². The van der Waals surface area contributed by atoms with E-state index in [-0.39, 0.29) is 0 Å². The molecule has 0 N–H and O–H groups in total. The monoisotopic (exact) mass is 403 g/mol. The number of Topliss-reactive ketones (excluding diaryl/α,β-unsaturated/α-hetero) is 1. The van der Waals surface area contributed by atoms with Gasteiger partial charge in [0.1, 0.15) is 0 Å². The lowest BCUT2D eigenvalue weighted by atomic mass is 10.1. The van der Waals surface area contributed by atoms with Gasteiger partial charge in [0, 0.05) is 42.8 Å². The molecule has 27 heavy (non-hydrogen) atoms. The van der Waals surface area contributed by atoms with Gasteiger partial charge < -0.3 is 0 Å². The smallest absolute Gasteiger partial charge is 0.297 e. The van der Waals surface area contributed by atoms with Crippen LogP contribution in [-0.2, 0) is 11.3 Å². The van der Waals surface area contributed by atoms with Crippen LogP contribution in [0.15, 0.2) is 42.5 Å². The zero-order valence-corrected chi connectivity index (χ0v) is 16.2. The van der Waals surface area contributed by atoms with Crippen molar-refractivity contribution in [1.29, 1.82) is 0 Å². The van der Waals surface area contributed by atoms with Crippen LogP contribution in [0, 0.1) is 0 Å². The predicted molar refractivity (Wildman–Crippen MR) is 106 cm³/mol. The van der Waals surface area contributed by atoms with Crippen LogP contribution < -0.4 is 4.90 Å². The van der Waals surface area contributed by atoms with Gasteiger partial charge in [-0.1, -0.05) is 35.3 Å². The van der Waals surface area contributed by atoms with Gasteiger partial charge in [0.25, 0.3) is 5.78 Å². The summed E-state index contributed by atoms with van der Waals surface area (Å²) in [5.41, 5.74) is 2.28. The molecule has 140 valence electrons. The third-order valence-corrected chi connectivity index (χ3v) is 5.55. The second-order valence-electron chi connectivity index (χ2n) is 6.89. The van der Waals surface area contributed by atoms with E-state index in [1.807, 2.05) is 24.3 Å². The molecule has 2 aliphatic heterocycles. The first-order valence-corrected chi connectivity index (χ1v) is 9.62. The summed E-state index contributed by atoms with van der Waals surface area (Å²) in [4.78, 5) is 30.7. The molecule has 0 spiro atoms. The lowest BCUT2D eigenvalue weighted by molar-refractivity contribution is -0.114. The maximum Gasteiger partial charge on any atom is 0.300 e. The fraction of sp³-hybridized carbons (Fsp3) is 0.300. The molecule has 1 amide bonds. The summed E-state index contributed by atoms with van der Waals surface area (Å²) in [5, 5.41) is 1.21. The van der Waals surface area contributed by atoms with Gasteiger partial charge in [0.2, 0.25) is 0 Å². The number of nitrogens with zero attached hydrogens (tertiary/aromatic N) is 3. The minimum absolute atomic E-state index is 0.397. The number of carbonyl (C=O) groups is 2. The molecule has 5 nitrogen and oxygen atoms in total. The van der Waals surface area contributed by atoms with E-state index in [0.29, 0.717) is 22.9 Å². The Morgan fingerprint density at radius 1 is 0.815 bits per heavy atom. The van der Waals surface area contributed by atoms with Crippen LogP contribution in [0.2, 0.25) is 10.0 Å². The second kappa shape index (κ2) is 7.60. The topological polar surface area (TPSA) is 43.9 Å². The fourth-order valence-electron chi connectivity index (χ4n) is 3.55. The van der Waals surface area contributed by atoms with Crippen LogP contribution in [0.1, 0.15) is 15.9 Å². The molecular formula is C20H19Cl2N3O2. The zero-order valence-electron chi connectivity index (χ0n) is 14.7. The van der Waals surface area contributed by atoms with E-state index < -0.39 is 11.7 Å². The minimum atomic E-state index is -0.478. The number of hydrogen-bond donors (Lipinski definition) is 0. The highest BCUT2D eigenvalue weighted by Gasteiger charge is 2.37. The second-order valence-corrected chi connectivity index (χ2v) is 7.76. The maximum atomic E-state index is 12.4. The molecule has 0 bridgehead atoms. The summed E-state index contributed by atoms with van der Waals surface area (Å²) in [6, 6.07) is 12.9. The Labute approximate surface area is 168 Å². The predicted octanol–water partition coefficient (Wildman–Crippen LogP) is 3.30. The number of ketones is 1. The molecule has 0 atom stereocenters. The van der Waals surface area contributed by atoms with E-state index in [1.54, 1.807) is 23.1 Å². The Hall–Kier alpha value is -1.92. The molecule has 0 aliphatic carbocycles. The number of carbonyl (C=O) groups excluding carboxylic acids is 2. The van der Waals surface area contributed by atoms with Crippen LogP contribution >= 0.6 is 23.2 Å². The summed E-state index contributed by atoms with van der Waals surface area (Å²) >= 11 is 11.9. The van der Waals surface area contributed by atoms with Crippen LogP contribution in [0.3, 0.4) is 0 Å². The van der Waals surface area contributed by atoms with E-state index >= 15 is 0 Å². The number of halogens is 2. The van der Waals surface area contributed by atoms with Crippen molar-refractivity contribution < 1.29 is 9.59 Å². The minimum Gasteiger partial charge on any atom is -0.297 e. The molecule has 7 heteroatoms. The quantitative estimate of drug-likeness (QED) is 0.734. The molecule has 1 saturated heterocycles. The molecule has 4 rings (SSSR count). The highest BCUT2D eigenvalue weighted by atomic mass is 35.5.